The first-order valence-corrected chi connectivity index (χ1v) is 7.10. The fourth-order valence-corrected chi connectivity index (χ4v) is 2.02. The van der Waals surface area contributed by atoms with Gasteiger partial charge in [-0.25, -0.2) is 4.98 Å². The maximum atomic E-state index is 13.4. The van der Waals surface area contributed by atoms with E-state index in [0.29, 0.717) is 4.57 Å². The quantitative estimate of drug-likeness (QED) is 0.785. The average molecular weight is 344 g/mol. The Bertz CT molecular complexity index is 1030. The van der Waals surface area contributed by atoms with Crippen LogP contribution in [0, 0.1) is 0 Å². The number of imidazole rings is 1. The lowest BCUT2D eigenvalue weighted by Crippen LogP contribution is -2.41. The predicted octanol–water partition coefficient (Wildman–Crippen LogP) is 3.19. The van der Waals surface area contributed by atoms with E-state index >= 15 is 0 Å². The smallest absolute Gasteiger partial charge is 0.398 e. The molecule has 0 spiro atoms. The SMILES string of the molecule is [2H]c1c([2H])c(-n2c([2H])nc(B3OC(C)(C)C(C)(C)O3)c2[2H])c([2H])c(C(F)(F)F)c1[2H]. The third-order valence-corrected chi connectivity index (χ3v) is 4.09. The number of hydrogen-bond acceptors (Lipinski definition) is 3. The van der Waals surface area contributed by atoms with Crippen LogP contribution in [0.3, 0.4) is 0 Å². The van der Waals surface area contributed by atoms with Crippen molar-refractivity contribution in [3.63, 3.8) is 0 Å². The molecule has 24 heavy (non-hydrogen) atoms. The van der Waals surface area contributed by atoms with E-state index in [0.717, 1.165) is 0 Å². The molecular weight excluding hydrogens is 320 g/mol. The molecule has 3 rings (SSSR count). The van der Waals surface area contributed by atoms with Gasteiger partial charge in [0.25, 0.3) is 0 Å². The Labute approximate surface area is 147 Å². The highest BCUT2D eigenvalue weighted by Gasteiger charge is 2.52. The van der Waals surface area contributed by atoms with Crippen LogP contribution >= 0.6 is 0 Å². The van der Waals surface area contributed by atoms with Crippen molar-refractivity contribution in [2.75, 3.05) is 0 Å². The van der Waals surface area contributed by atoms with Gasteiger partial charge in [-0.05, 0) is 45.8 Å². The molecule has 2 aromatic rings. The highest BCUT2D eigenvalue weighted by molar-refractivity contribution is 6.61. The van der Waals surface area contributed by atoms with Crippen molar-refractivity contribution < 1.29 is 30.7 Å². The first-order valence-electron chi connectivity index (χ1n) is 10.1. The Morgan fingerprint density at radius 3 is 2.38 bits per heavy atom. The Balaban J connectivity index is 2.24. The topological polar surface area (TPSA) is 36.3 Å². The van der Waals surface area contributed by atoms with Gasteiger partial charge in [-0.15, -0.1) is 0 Å². The van der Waals surface area contributed by atoms with Gasteiger partial charge in [-0.2, -0.15) is 13.2 Å². The van der Waals surface area contributed by atoms with Gasteiger partial charge < -0.3 is 13.9 Å². The van der Waals surface area contributed by atoms with Gasteiger partial charge in [0.2, 0.25) is 0 Å². The fraction of sp³-hybridized carbons (Fsp3) is 0.438. The fourth-order valence-electron chi connectivity index (χ4n) is 2.02. The van der Waals surface area contributed by atoms with Gasteiger partial charge in [0, 0.05) is 11.9 Å². The molecule has 1 saturated heterocycles. The number of rotatable bonds is 2. The number of halogens is 3. The van der Waals surface area contributed by atoms with E-state index in [1.165, 1.54) is 0 Å². The molecule has 0 N–H and O–H groups in total. The molecule has 1 aliphatic rings. The summed E-state index contributed by atoms with van der Waals surface area (Å²) < 4.78 is 99.8. The number of hydrogen-bond donors (Lipinski definition) is 0. The van der Waals surface area contributed by atoms with E-state index in [2.05, 4.69) is 4.98 Å². The van der Waals surface area contributed by atoms with Gasteiger partial charge in [-0.1, -0.05) is 6.04 Å². The van der Waals surface area contributed by atoms with Crippen molar-refractivity contribution >= 4 is 12.7 Å². The molecule has 0 amide bonds. The predicted molar refractivity (Wildman–Crippen MR) is 84.3 cm³/mol. The van der Waals surface area contributed by atoms with Crippen LogP contribution < -0.4 is 5.59 Å². The molecule has 0 unspecified atom stereocenters. The molecular formula is C16H18BF3N2O2. The number of nitrogens with zero attached hydrogens (tertiary/aromatic N) is 2. The summed E-state index contributed by atoms with van der Waals surface area (Å²) in [6.45, 7) is 6.98. The van der Waals surface area contributed by atoms with E-state index in [-0.39, 0.29) is 5.59 Å². The summed E-state index contributed by atoms with van der Waals surface area (Å²) in [7, 11) is -1.19. The van der Waals surface area contributed by atoms with Crippen LogP contribution in [0.15, 0.2) is 36.6 Å². The third kappa shape index (κ3) is 2.96. The van der Waals surface area contributed by atoms with Crippen LogP contribution in [-0.4, -0.2) is 27.9 Å². The Kier molecular flexibility index (Phi) is 2.44. The Morgan fingerprint density at radius 1 is 1.17 bits per heavy atom. The van der Waals surface area contributed by atoms with E-state index in [1.807, 2.05) is 0 Å². The van der Waals surface area contributed by atoms with Crippen LogP contribution in [-0.2, 0) is 15.5 Å². The van der Waals surface area contributed by atoms with Crippen molar-refractivity contribution in [3.8, 4) is 5.69 Å². The molecule has 1 aromatic carbocycles. The Hall–Kier alpha value is -1.80. The van der Waals surface area contributed by atoms with Crippen LogP contribution in [0.25, 0.3) is 5.69 Å². The minimum absolute atomic E-state index is 0.201. The van der Waals surface area contributed by atoms with Crippen LogP contribution in [0.4, 0.5) is 13.2 Å². The molecule has 0 atom stereocenters. The van der Waals surface area contributed by atoms with Gasteiger partial charge in [0.05, 0.1) is 35.5 Å². The monoisotopic (exact) mass is 344 g/mol. The van der Waals surface area contributed by atoms with Gasteiger partial charge in [0.15, 0.2) is 0 Å². The molecule has 0 saturated carbocycles. The van der Waals surface area contributed by atoms with E-state index in [9.17, 15) is 13.2 Å². The zero-order chi connectivity index (χ0) is 23.0. The molecule has 4 nitrogen and oxygen atoms in total. The minimum atomic E-state index is -5.13. The van der Waals surface area contributed by atoms with Crippen molar-refractivity contribution in [2.45, 2.75) is 45.1 Å². The summed E-state index contributed by atoms with van der Waals surface area (Å²) in [5.74, 6) is 0. The molecule has 0 radical (unpaired) electrons. The second-order valence-electron chi connectivity index (χ2n) is 6.35. The summed E-state index contributed by atoms with van der Waals surface area (Å²) >= 11 is 0. The van der Waals surface area contributed by atoms with Gasteiger partial charge >= 0.3 is 13.3 Å². The average Bonchev–Trinajstić information content (AvgIpc) is 2.97. The molecule has 0 aliphatic carbocycles. The lowest BCUT2D eigenvalue weighted by molar-refractivity contribution is -0.137. The normalized spacial score (nSPS) is 23.2. The van der Waals surface area contributed by atoms with E-state index in [4.69, 9.17) is 17.5 Å². The van der Waals surface area contributed by atoms with Gasteiger partial charge in [-0.3, -0.25) is 0 Å². The first kappa shape index (κ1) is 10.9. The van der Waals surface area contributed by atoms with Crippen molar-refractivity contribution in [2.24, 2.45) is 0 Å². The second-order valence-corrected chi connectivity index (χ2v) is 6.35. The molecule has 8 heteroatoms. The standard InChI is InChI=1S/C16H18BF3N2O2/c1-14(2)15(3,4)24-17(23-14)13-9-22(10-21-13)12-7-5-6-11(8-12)16(18,19)20/h5-10H,1-4H3/i5D,6D,7D,8D,9D,10D. The molecule has 1 aromatic heterocycles. The molecule has 128 valence electrons. The maximum Gasteiger partial charge on any atom is 0.516 e. The highest BCUT2D eigenvalue weighted by atomic mass is 19.4. The molecule has 1 aliphatic heterocycles. The molecule has 2 heterocycles. The molecule has 0 bridgehead atoms. The van der Waals surface area contributed by atoms with Crippen LogP contribution in [0.1, 0.15) is 41.5 Å². The molecule has 1 fully saturated rings. The van der Waals surface area contributed by atoms with Crippen LogP contribution in [0.5, 0.6) is 0 Å². The maximum absolute atomic E-state index is 13.4. The summed E-state index contributed by atoms with van der Waals surface area (Å²) in [6.07, 6.45) is -6.46. The van der Waals surface area contributed by atoms with Crippen LogP contribution in [0.2, 0.25) is 0 Å². The summed E-state index contributed by atoms with van der Waals surface area (Å²) in [5, 5.41) is 0. The van der Waals surface area contributed by atoms with E-state index in [1.54, 1.807) is 27.7 Å². The lowest BCUT2D eigenvalue weighted by Gasteiger charge is -2.32. The van der Waals surface area contributed by atoms with Crippen molar-refractivity contribution in [1.82, 2.24) is 9.55 Å². The first-order chi connectivity index (χ1) is 13.5. The third-order valence-electron chi connectivity index (χ3n) is 4.09. The summed E-state index contributed by atoms with van der Waals surface area (Å²) in [6, 6.07) is -4.56. The zero-order valence-corrected chi connectivity index (χ0v) is 13.4. The van der Waals surface area contributed by atoms with Crippen molar-refractivity contribution in [1.29, 1.82) is 0 Å². The Morgan fingerprint density at radius 2 is 1.79 bits per heavy atom. The largest absolute Gasteiger partial charge is 0.516 e. The number of alkyl halides is 3. The minimum Gasteiger partial charge on any atom is -0.398 e. The second kappa shape index (κ2) is 5.36. The van der Waals surface area contributed by atoms with E-state index < -0.39 is 72.4 Å². The van der Waals surface area contributed by atoms with Crippen molar-refractivity contribution in [3.05, 3.63) is 42.2 Å². The number of benzene rings is 1. The lowest BCUT2D eigenvalue weighted by atomic mass is 9.86. The highest BCUT2D eigenvalue weighted by Crippen LogP contribution is 2.36. The summed E-state index contributed by atoms with van der Waals surface area (Å²) in [4.78, 5) is 3.86. The summed E-state index contributed by atoms with van der Waals surface area (Å²) in [5.41, 5.74) is -4.35. The zero-order valence-electron chi connectivity index (χ0n) is 19.4. The number of aromatic nitrogens is 2. The van der Waals surface area contributed by atoms with Gasteiger partial charge in [0.1, 0.15) is 1.37 Å².